The van der Waals surface area contributed by atoms with Crippen molar-refractivity contribution in [2.24, 2.45) is 0 Å². The van der Waals surface area contributed by atoms with E-state index in [1.165, 1.54) is 17.6 Å². The summed E-state index contributed by atoms with van der Waals surface area (Å²) in [5, 5.41) is 9.35. The molecule has 0 amide bonds. The third-order valence-electron chi connectivity index (χ3n) is 6.11. The van der Waals surface area contributed by atoms with Gasteiger partial charge in [-0.25, -0.2) is 21.8 Å². The van der Waals surface area contributed by atoms with Gasteiger partial charge in [0.15, 0.2) is 0 Å². The zero-order valence-corrected chi connectivity index (χ0v) is 23.6. The normalized spacial score (nSPS) is 13.3. The molecule has 3 heterocycles. The summed E-state index contributed by atoms with van der Waals surface area (Å²) < 4.78 is 48.4. The fourth-order valence-corrected chi connectivity index (χ4v) is 6.62. The molecule has 0 aliphatic carbocycles. The van der Waals surface area contributed by atoms with Crippen molar-refractivity contribution in [2.75, 3.05) is 28.8 Å². The molecule has 1 aliphatic rings. The summed E-state index contributed by atoms with van der Waals surface area (Å²) in [5.74, 6) is 0.895. The van der Waals surface area contributed by atoms with Gasteiger partial charge in [-0.15, -0.1) is 11.3 Å². The quantitative estimate of drug-likeness (QED) is 0.265. The molecule has 0 unspecified atom stereocenters. The van der Waals surface area contributed by atoms with Crippen molar-refractivity contribution in [1.82, 2.24) is 15.3 Å². The molecule has 2 aromatic carbocycles. The van der Waals surface area contributed by atoms with Crippen molar-refractivity contribution >= 4 is 54.3 Å². The number of fused-ring (bicyclic) bond motifs is 1. The maximum Gasteiger partial charge on any atom is 0.206 e. The second-order valence-electron chi connectivity index (χ2n) is 9.07. The summed E-state index contributed by atoms with van der Waals surface area (Å²) in [6.45, 7) is 1.45. The smallest absolute Gasteiger partial charge is 0.206 e. The van der Waals surface area contributed by atoms with Gasteiger partial charge >= 0.3 is 0 Å². The second kappa shape index (κ2) is 11.3. The van der Waals surface area contributed by atoms with Crippen LogP contribution in [0.1, 0.15) is 16.1 Å². The highest BCUT2D eigenvalue weighted by Crippen LogP contribution is 2.32. The zero-order valence-electron chi connectivity index (χ0n) is 21.1. The van der Waals surface area contributed by atoms with E-state index in [0.29, 0.717) is 19.6 Å². The molecule has 1 aliphatic heterocycles. The van der Waals surface area contributed by atoms with E-state index >= 15 is 0 Å². The lowest BCUT2D eigenvalue weighted by Crippen LogP contribution is -2.22. The molecule has 2 N–H and O–H groups in total. The number of aromatic nitrogens is 2. The number of sulfone groups is 2. The second-order valence-corrected chi connectivity index (χ2v) is 14.2. The average Bonchev–Trinajstić information content (AvgIpc) is 3.40. The minimum absolute atomic E-state index is 0.0895. The Morgan fingerprint density at radius 2 is 1.72 bits per heavy atom. The molecule has 202 valence electrons. The summed E-state index contributed by atoms with van der Waals surface area (Å²) in [4.78, 5) is 11.6. The lowest BCUT2D eigenvalue weighted by atomic mass is 10.0. The van der Waals surface area contributed by atoms with Gasteiger partial charge in [-0.05, 0) is 42.5 Å². The molecule has 4 aromatic rings. The molecule has 39 heavy (non-hydrogen) atoms. The van der Waals surface area contributed by atoms with Crippen molar-refractivity contribution in [3.05, 3.63) is 94.7 Å². The number of thiazole rings is 1. The molecule has 5 rings (SSSR count). The van der Waals surface area contributed by atoms with Crippen LogP contribution in [-0.4, -0.2) is 45.4 Å². The molecule has 0 radical (unpaired) electrons. The summed E-state index contributed by atoms with van der Waals surface area (Å²) in [6.07, 6.45) is 8.73. The Morgan fingerprint density at radius 3 is 2.46 bits per heavy atom. The van der Waals surface area contributed by atoms with Crippen LogP contribution < -0.4 is 15.5 Å². The van der Waals surface area contributed by atoms with Gasteiger partial charge in [0.05, 0.1) is 34.0 Å². The van der Waals surface area contributed by atoms with Gasteiger partial charge in [0.2, 0.25) is 9.84 Å². The predicted molar refractivity (Wildman–Crippen MR) is 155 cm³/mol. The van der Waals surface area contributed by atoms with Gasteiger partial charge in [-0.1, -0.05) is 18.2 Å². The van der Waals surface area contributed by atoms with Crippen molar-refractivity contribution in [2.45, 2.75) is 22.9 Å². The van der Waals surface area contributed by atoms with Crippen LogP contribution in [0.25, 0.3) is 6.08 Å². The van der Waals surface area contributed by atoms with E-state index in [0.717, 1.165) is 33.3 Å². The first-order valence-corrected chi connectivity index (χ1v) is 16.5. The molecule has 0 atom stereocenters. The highest BCUT2D eigenvalue weighted by Gasteiger charge is 2.20. The summed E-state index contributed by atoms with van der Waals surface area (Å²) in [7, 11) is -6.59. The van der Waals surface area contributed by atoms with E-state index < -0.39 is 19.7 Å². The molecule has 2 aromatic heterocycles. The molecular weight excluding hydrogens is 555 g/mol. The van der Waals surface area contributed by atoms with Crippen LogP contribution in [0.2, 0.25) is 0 Å². The first-order chi connectivity index (χ1) is 18.7. The van der Waals surface area contributed by atoms with Crippen molar-refractivity contribution in [3.63, 3.8) is 0 Å². The van der Waals surface area contributed by atoms with Crippen molar-refractivity contribution in [3.8, 4) is 0 Å². The van der Waals surface area contributed by atoms with E-state index in [9.17, 15) is 16.8 Å². The molecule has 9 nitrogen and oxygen atoms in total. The van der Waals surface area contributed by atoms with E-state index in [-0.39, 0.29) is 15.5 Å². The largest absolute Gasteiger partial charge is 0.354 e. The molecule has 0 saturated carbocycles. The van der Waals surface area contributed by atoms with Crippen molar-refractivity contribution < 1.29 is 16.8 Å². The average molecular weight is 582 g/mol. The molecule has 0 saturated heterocycles. The van der Waals surface area contributed by atoms with Crippen LogP contribution in [0.3, 0.4) is 0 Å². The van der Waals surface area contributed by atoms with Crippen molar-refractivity contribution in [1.29, 1.82) is 0 Å². The lowest BCUT2D eigenvalue weighted by Gasteiger charge is -2.25. The van der Waals surface area contributed by atoms with Gasteiger partial charge in [-0.2, -0.15) is 0 Å². The van der Waals surface area contributed by atoms with Crippen LogP contribution in [0.15, 0.2) is 88.4 Å². The molecule has 0 fully saturated rings. The Labute approximate surface area is 232 Å². The number of anilines is 3. The highest BCUT2D eigenvalue weighted by molar-refractivity contribution is 7.91. The maximum absolute atomic E-state index is 12.9. The first kappa shape index (κ1) is 27.0. The first-order valence-electron chi connectivity index (χ1n) is 12.1. The molecule has 0 spiro atoms. The van der Waals surface area contributed by atoms with Crippen LogP contribution in [0.5, 0.6) is 0 Å². The fraction of sp³-hybridized carbons (Fsp3) is 0.185. The monoisotopic (exact) mass is 581 g/mol. The summed E-state index contributed by atoms with van der Waals surface area (Å²) >= 11 is 1.52. The third-order valence-corrected chi connectivity index (χ3v) is 9.68. The minimum Gasteiger partial charge on any atom is -0.354 e. The van der Waals surface area contributed by atoms with Crippen LogP contribution in [-0.2, 0) is 32.8 Å². The zero-order chi connectivity index (χ0) is 27.5. The number of pyridine rings is 1. The van der Waals surface area contributed by atoms with E-state index in [1.54, 1.807) is 60.8 Å². The Morgan fingerprint density at radius 1 is 0.974 bits per heavy atom. The minimum atomic E-state index is -3.59. The van der Waals surface area contributed by atoms with Crippen LogP contribution >= 0.6 is 11.3 Å². The van der Waals surface area contributed by atoms with Gasteiger partial charge < -0.3 is 15.5 Å². The lowest BCUT2D eigenvalue weighted by molar-refractivity contribution is 0.594. The molecule has 0 bridgehead atoms. The van der Waals surface area contributed by atoms with Gasteiger partial charge in [0, 0.05) is 53.9 Å². The number of nitrogens with zero attached hydrogens (tertiary/aromatic N) is 3. The SMILES string of the molecule is CS(=O)(=O)CCNCc1nc(N2C=Cc3cncc(Nc4ccc(S(=O)(=O)c5ccccc5)cc4)c3C2)cs1. The van der Waals surface area contributed by atoms with Crippen LogP contribution in [0, 0.1) is 0 Å². The standard InChI is InChI=1S/C27H27N5O4S3/c1-38(33,34)14-12-28-17-27-31-26(19-37-27)32-13-11-20-15-29-16-25(24(20)18-32)30-21-7-9-23(10-8-21)39(35,36)22-5-3-2-4-6-22/h2-11,13,15-16,19,28,30H,12,14,17-18H2,1H3. The molecular formula is C27H27N5O4S3. The Balaban J connectivity index is 1.27. The topological polar surface area (TPSA) is 121 Å². The number of benzene rings is 2. The predicted octanol–water partition coefficient (Wildman–Crippen LogP) is 4.24. The Bertz CT molecular complexity index is 1700. The van der Waals surface area contributed by atoms with Gasteiger partial charge in [-0.3, -0.25) is 4.98 Å². The maximum atomic E-state index is 12.9. The summed E-state index contributed by atoms with van der Waals surface area (Å²) in [6, 6.07) is 15.1. The van der Waals surface area contributed by atoms with E-state index in [4.69, 9.17) is 4.98 Å². The van der Waals surface area contributed by atoms with Gasteiger partial charge in [0.25, 0.3) is 0 Å². The molecule has 12 heteroatoms. The Kier molecular flexibility index (Phi) is 7.80. The van der Waals surface area contributed by atoms with Gasteiger partial charge in [0.1, 0.15) is 20.7 Å². The third kappa shape index (κ3) is 6.53. The number of hydrogen-bond acceptors (Lipinski definition) is 10. The Hall–Kier alpha value is -3.58. The van der Waals surface area contributed by atoms with E-state index in [2.05, 4.69) is 15.6 Å². The fourth-order valence-electron chi connectivity index (χ4n) is 4.06. The number of rotatable bonds is 10. The van der Waals surface area contributed by atoms with Crippen LogP contribution in [0.4, 0.5) is 17.2 Å². The number of nitrogens with one attached hydrogen (secondary N) is 2. The van der Waals surface area contributed by atoms with E-state index in [1.807, 2.05) is 28.8 Å². The highest BCUT2D eigenvalue weighted by atomic mass is 32.2. The number of hydrogen-bond donors (Lipinski definition) is 2. The summed E-state index contributed by atoms with van der Waals surface area (Å²) in [5.41, 5.74) is 3.58.